The van der Waals surface area contributed by atoms with E-state index >= 15 is 0 Å². The van der Waals surface area contributed by atoms with Crippen LogP contribution in [0.4, 0.5) is 0 Å². The Hall–Kier alpha value is -0.450. The Balaban J connectivity index is -0.000000208. The molecule has 0 bridgehead atoms. The van der Waals surface area contributed by atoms with E-state index in [-0.39, 0.29) is 0 Å². The van der Waals surface area contributed by atoms with Crippen LogP contribution in [0, 0.1) is 0 Å². The lowest BCUT2D eigenvalue weighted by Crippen LogP contribution is -2.04. The van der Waals surface area contributed by atoms with Crippen molar-refractivity contribution in [2.75, 3.05) is 27.7 Å². The molecule has 1 aliphatic rings. The molecule has 4 heteroatoms. The van der Waals surface area contributed by atoms with Gasteiger partial charge in [0.15, 0.2) is 0 Å². The standard InChI is InChI=1S/C8H15N.3CH5N/c1-2-9-8-6-4-3-5-7-8;3*1-2/h2-7H2,1H3;3*2H2,1H3. The average molecular weight is 218 g/mol. The van der Waals surface area contributed by atoms with Crippen LogP contribution in [0.5, 0.6) is 0 Å². The van der Waals surface area contributed by atoms with Crippen molar-refractivity contribution in [1.29, 1.82) is 0 Å². The minimum atomic E-state index is 0.981. The highest BCUT2D eigenvalue weighted by molar-refractivity contribution is 5.84. The normalized spacial score (nSPS) is 13.1. The van der Waals surface area contributed by atoms with E-state index in [0.717, 1.165) is 6.54 Å². The van der Waals surface area contributed by atoms with E-state index in [2.05, 4.69) is 29.1 Å². The lowest BCUT2D eigenvalue weighted by Gasteiger charge is -2.11. The maximum atomic E-state index is 4.50. The molecule has 6 N–H and O–H groups in total. The Morgan fingerprint density at radius 1 is 0.867 bits per heavy atom. The summed E-state index contributed by atoms with van der Waals surface area (Å²) in [5.41, 5.74) is 15.0. The van der Waals surface area contributed by atoms with Crippen molar-refractivity contribution in [3.63, 3.8) is 0 Å². The molecule has 0 aromatic heterocycles. The monoisotopic (exact) mass is 218 g/mol. The molecule has 1 fully saturated rings. The average Bonchev–Trinajstić information content (AvgIpc) is 2.38. The van der Waals surface area contributed by atoms with Gasteiger partial charge in [0, 0.05) is 12.3 Å². The van der Waals surface area contributed by atoms with Crippen LogP contribution in [0.25, 0.3) is 0 Å². The van der Waals surface area contributed by atoms with Gasteiger partial charge in [-0.05, 0) is 53.8 Å². The molecule has 0 aromatic rings. The van der Waals surface area contributed by atoms with Crippen LogP contribution in [0.15, 0.2) is 4.99 Å². The maximum absolute atomic E-state index is 4.50. The summed E-state index contributed by atoms with van der Waals surface area (Å²) in [7, 11) is 4.50. The molecule has 1 aliphatic carbocycles. The van der Waals surface area contributed by atoms with E-state index < -0.39 is 0 Å². The molecule has 94 valence electrons. The third-order valence-electron chi connectivity index (χ3n) is 1.81. The molecule has 15 heavy (non-hydrogen) atoms. The number of hydrogen-bond acceptors (Lipinski definition) is 4. The van der Waals surface area contributed by atoms with Crippen LogP contribution in [0.2, 0.25) is 0 Å². The largest absolute Gasteiger partial charge is 0.333 e. The summed E-state index contributed by atoms with van der Waals surface area (Å²) in [6, 6.07) is 0. The van der Waals surface area contributed by atoms with Gasteiger partial charge in [-0.2, -0.15) is 0 Å². The van der Waals surface area contributed by atoms with Gasteiger partial charge in [-0.25, -0.2) is 0 Å². The molecule has 0 heterocycles. The van der Waals surface area contributed by atoms with Crippen LogP contribution in [0.3, 0.4) is 0 Å². The quantitative estimate of drug-likeness (QED) is 0.616. The molecule has 0 spiro atoms. The molecule has 1 saturated carbocycles. The van der Waals surface area contributed by atoms with Crippen LogP contribution < -0.4 is 17.2 Å². The fraction of sp³-hybridized carbons (Fsp3) is 0.909. The molecule has 0 amide bonds. The first-order chi connectivity index (χ1) is 7.43. The third-order valence-corrected chi connectivity index (χ3v) is 1.81. The van der Waals surface area contributed by atoms with E-state index in [9.17, 15) is 0 Å². The van der Waals surface area contributed by atoms with E-state index in [1.165, 1.54) is 59.0 Å². The van der Waals surface area contributed by atoms with Gasteiger partial charge in [0.25, 0.3) is 0 Å². The Morgan fingerprint density at radius 3 is 1.60 bits per heavy atom. The molecule has 0 atom stereocenters. The van der Waals surface area contributed by atoms with E-state index in [1.54, 1.807) is 0 Å². The first-order valence-electron chi connectivity index (χ1n) is 5.69. The summed E-state index contributed by atoms with van der Waals surface area (Å²) >= 11 is 0. The summed E-state index contributed by atoms with van der Waals surface area (Å²) in [5, 5.41) is 0. The first-order valence-corrected chi connectivity index (χ1v) is 5.69. The molecule has 4 nitrogen and oxygen atoms in total. The fourth-order valence-corrected chi connectivity index (χ4v) is 1.34. The summed E-state index contributed by atoms with van der Waals surface area (Å²) in [6.45, 7) is 3.09. The SMILES string of the molecule is CCN=C1CCCCC1.CN.CN.CN. The number of rotatable bonds is 1. The van der Waals surface area contributed by atoms with Gasteiger partial charge in [0.1, 0.15) is 0 Å². The number of nitrogens with zero attached hydrogens (tertiary/aromatic N) is 1. The molecular formula is C11H30N4. The van der Waals surface area contributed by atoms with Crippen LogP contribution in [0.1, 0.15) is 39.0 Å². The highest BCUT2D eigenvalue weighted by atomic mass is 14.7. The van der Waals surface area contributed by atoms with Crippen molar-refractivity contribution in [3.05, 3.63) is 0 Å². The second-order valence-corrected chi connectivity index (χ2v) is 2.60. The minimum Gasteiger partial charge on any atom is -0.333 e. The molecule has 1 rings (SSSR count). The van der Waals surface area contributed by atoms with Crippen LogP contribution >= 0.6 is 0 Å². The zero-order valence-electron chi connectivity index (χ0n) is 10.9. The second-order valence-electron chi connectivity index (χ2n) is 2.60. The number of aliphatic imine (C=N–C) groups is 1. The maximum Gasteiger partial charge on any atom is 0.0360 e. The Morgan fingerprint density at radius 2 is 1.27 bits per heavy atom. The van der Waals surface area contributed by atoms with Gasteiger partial charge >= 0.3 is 0 Å². The van der Waals surface area contributed by atoms with E-state index in [0.29, 0.717) is 0 Å². The Bertz CT molecular complexity index is 105. The highest BCUT2D eigenvalue weighted by Gasteiger charge is 2.04. The lowest BCUT2D eigenvalue weighted by atomic mass is 9.99. The number of hydrogen-bond donors (Lipinski definition) is 3. The minimum absolute atomic E-state index is 0.981. The van der Waals surface area contributed by atoms with Crippen molar-refractivity contribution in [1.82, 2.24) is 0 Å². The third kappa shape index (κ3) is 16.2. The molecule has 0 unspecified atom stereocenters. The van der Waals surface area contributed by atoms with Gasteiger partial charge in [0.2, 0.25) is 0 Å². The predicted molar refractivity (Wildman–Crippen MR) is 71.4 cm³/mol. The molecule has 0 saturated heterocycles. The summed E-state index contributed by atoms with van der Waals surface area (Å²) in [4.78, 5) is 4.40. The summed E-state index contributed by atoms with van der Waals surface area (Å²) in [6.07, 6.45) is 6.71. The van der Waals surface area contributed by atoms with Crippen molar-refractivity contribution < 1.29 is 0 Å². The van der Waals surface area contributed by atoms with E-state index in [1.807, 2.05) is 0 Å². The summed E-state index contributed by atoms with van der Waals surface area (Å²) < 4.78 is 0. The smallest absolute Gasteiger partial charge is 0.0360 e. The summed E-state index contributed by atoms with van der Waals surface area (Å²) in [5.74, 6) is 0. The molecular weight excluding hydrogens is 188 g/mol. The van der Waals surface area contributed by atoms with Crippen molar-refractivity contribution >= 4 is 5.71 Å². The zero-order valence-corrected chi connectivity index (χ0v) is 10.9. The van der Waals surface area contributed by atoms with Gasteiger partial charge < -0.3 is 17.2 Å². The molecule has 0 aliphatic heterocycles. The fourth-order valence-electron chi connectivity index (χ4n) is 1.34. The second kappa shape index (κ2) is 23.4. The zero-order chi connectivity index (χ0) is 12.5. The first kappa shape index (κ1) is 20.0. The van der Waals surface area contributed by atoms with Crippen LogP contribution in [-0.4, -0.2) is 33.4 Å². The molecule has 0 aromatic carbocycles. The van der Waals surface area contributed by atoms with Gasteiger partial charge in [-0.3, -0.25) is 4.99 Å². The highest BCUT2D eigenvalue weighted by Crippen LogP contribution is 2.14. The van der Waals surface area contributed by atoms with Gasteiger partial charge in [0.05, 0.1) is 0 Å². The van der Waals surface area contributed by atoms with Crippen molar-refractivity contribution in [3.8, 4) is 0 Å². The van der Waals surface area contributed by atoms with E-state index in [4.69, 9.17) is 0 Å². The lowest BCUT2D eigenvalue weighted by molar-refractivity contribution is 0.664. The van der Waals surface area contributed by atoms with Crippen molar-refractivity contribution in [2.24, 2.45) is 22.2 Å². The van der Waals surface area contributed by atoms with Gasteiger partial charge in [-0.1, -0.05) is 6.42 Å². The van der Waals surface area contributed by atoms with Gasteiger partial charge in [-0.15, -0.1) is 0 Å². The Labute approximate surface area is 95.3 Å². The van der Waals surface area contributed by atoms with Crippen molar-refractivity contribution in [2.45, 2.75) is 39.0 Å². The number of nitrogens with two attached hydrogens (primary N) is 3. The molecule has 0 radical (unpaired) electrons. The van der Waals surface area contributed by atoms with Crippen LogP contribution in [-0.2, 0) is 0 Å². The Kier molecular flexibility index (Phi) is 31.2. The topological polar surface area (TPSA) is 90.4 Å². The predicted octanol–water partition coefficient (Wildman–Crippen LogP) is 1.14.